The molecular weight excluding hydrogens is 176 g/mol. The maximum Gasteiger partial charge on any atom is 0.309 e. The van der Waals surface area contributed by atoms with Gasteiger partial charge in [0.1, 0.15) is 6.61 Å². The SMILES string of the molecule is C=C(C)COC(=O)C1CC=CCCC1. The molecule has 2 heteroatoms. The molecule has 0 aromatic heterocycles. The Morgan fingerprint density at radius 1 is 1.57 bits per heavy atom. The van der Waals surface area contributed by atoms with E-state index < -0.39 is 0 Å². The second-order valence-corrected chi connectivity index (χ2v) is 3.90. The topological polar surface area (TPSA) is 26.3 Å². The maximum atomic E-state index is 11.6. The van der Waals surface area contributed by atoms with Gasteiger partial charge in [0, 0.05) is 0 Å². The van der Waals surface area contributed by atoms with Gasteiger partial charge in [-0.3, -0.25) is 4.79 Å². The minimum atomic E-state index is -0.0699. The lowest BCUT2D eigenvalue weighted by Gasteiger charge is -2.12. The molecule has 0 spiro atoms. The molecule has 0 radical (unpaired) electrons. The van der Waals surface area contributed by atoms with Crippen LogP contribution in [-0.4, -0.2) is 12.6 Å². The van der Waals surface area contributed by atoms with Crippen LogP contribution >= 0.6 is 0 Å². The van der Waals surface area contributed by atoms with Gasteiger partial charge in [-0.1, -0.05) is 18.7 Å². The summed E-state index contributed by atoms with van der Waals surface area (Å²) in [4.78, 5) is 11.6. The van der Waals surface area contributed by atoms with Crippen molar-refractivity contribution in [1.82, 2.24) is 0 Å². The molecule has 1 atom stereocenters. The number of hydrogen-bond donors (Lipinski definition) is 0. The molecule has 14 heavy (non-hydrogen) atoms. The minimum Gasteiger partial charge on any atom is -0.461 e. The van der Waals surface area contributed by atoms with E-state index in [9.17, 15) is 4.79 Å². The van der Waals surface area contributed by atoms with E-state index in [0.29, 0.717) is 6.61 Å². The Hall–Kier alpha value is -1.05. The predicted octanol–water partition coefficient (Wildman–Crippen LogP) is 2.85. The molecule has 1 rings (SSSR count). The second-order valence-electron chi connectivity index (χ2n) is 3.90. The lowest BCUT2D eigenvalue weighted by atomic mass is 10.0. The summed E-state index contributed by atoms with van der Waals surface area (Å²) in [5.41, 5.74) is 0.891. The normalized spacial score (nSPS) is 21.4. The number of carbonyl (C=O) groups excluding carboxylic acids is 1. The van der Waals surface area contributed by atoms with Crippen LogP contribution in [0.2, 0.25) is 0 Å². The molecule has 2 nitrogen and oxygen atoms in total. The summed E-state index contributed by atoms with van der Waals surface area (Å²) in [6.07, 6.45) is 8.18. The van der Waals surface area contributed by atoms with Gasteiger partial charge in [-0.15, -0.1) is 0 Å². The van der Waals surface area contributed by atoms with Crippen LogP contribution in [0, 0.1) is 5.92 Å². The smallest absolute Gasteiger partial charge is 0.309 e. The number of hydrogen-bond acceptors (Lipinski definition) is 2. The van der Waals surface area contributed by atoms with E-state index in [4.69, 9.17) is 4.74 Å². The van der Waals surface area contributed by atoms with E-state index in [1.807, 2.05) is 6.92 Å². The van der Waals surface area contributed by atoms with Crippen molar-refractivity contribution in [3.8, 4) is 0 Å². The standard InChI is InChI=1S/C12H18O2/c1-10(2)9-14-12(13)11-7-5-3-4-6-8-11/h3,5,11H,1,4,6-9H2,2H3. The predicted molar refractivity (Wildman–Crippen MR) is 56.9 cm³/mol. The van der Waals surface area contributed by atoms with Crippen LogP contribution in [0.25, 0.3) is 0 Å². The third-order valence-electron chi connectivity index (χ3n) is 2.30. The molecule has 0 heterocycles. The maximum absolute atomic E-state index is 11.6. The molecule has 1 aliphatic carbocycles. The highest BCUT2D eigenvalue weighted by atomic mass is 16.5. The summed E-state index contributed by atoms with van der Waals surface area (Å²) in [6, 6.07) is 0. The van der Waals surface area contributed by atoms with Crippen LogP contribution in [0.4, 0.5) is 0 Å². The molecule has 0 fully saturated rings. The van der Waals surface area contributed by atoms with E-state index in [-0.39, 0.29) is 11.9 Å². The van der Waals surface area contributed by atoms with Crippen LogP contribution in [0.5, 0.6) is 0 Å². The fourth-order valence-electron chi connectivity index (χ4n) is 1.50. The van der Waals surface area contributed by atoms with E-state index >= 15 is 0 Å². The van der Waals surface area contributed by atoms with Crippen LogP contribution in [-0.2, 0) is 9.53 Å². The first-order valence-electron chi connectivity index (χ1n) is 5.16. The third kappa shape index (κ3) is 3.77. The van der Waals surface area contributed by atoms with Gasteiger partial charge in [0.25, 0.3) is 0 Å². The van der Waals surface area contributed by atoms with Gasteiger partial charge >= 0.3 is 5.97 Å². The molecule has 1 unspecified atom stereocenters. The average Bonchev–Trinajstić information content (AvgIpc) is 2.42. The zero-order valence-corrected chi connectivity index (χ0v) is 8.79. The first-order valence-corrected chi connectivity index (χ1v) is 5.16. The summed E-state index contributed by atoms with van der Waals surface area (Å²) in [5.74, 6) is -0.00681. The highest BCUT2D eigenvalue weighted by Gasteiger charge is 2.19. The summed E-state index contributed by atoms with van der Waals surface area (Å²) < 4.78 is 5.13. The zero-order valence-electron chi connectivity index (χ0n) is 8.79. The number of carbonyl (C=O) groups is 1. The average molecular weight is 194 g/mol. The minimum absolute atomic E-state index is 0.0631. The Bertz CT molecular complexity index is 241. The van der Waals surface area contributed by atoms with Crippen molar-refractivity contribution in [3.05, 3.63) is 24.3 Å². The van der Waals surface area contributed by atoms with E-state index in [2.05, 4.69) is 18.7 Å². The lowest BCUT2D eigenvalue weighted by molar-refractivity contribution is -0.147. The van der Waals surface area contributed by atoms with Crippen LogP contribution in [0.3, 0.4) is 0 Å². The first kappa shape index (κ1) is 11.0. The summed E-state index contributed by atoms with van der Waals surface area (Å²) in [5, 5.41) is 0. The molecule has 1 aliphatic rings. The fourth-order valence-corrected chi connectivity index (χ4v) is 1.50. The number of esters is 1. The van der Waals surface area contributed by atoms with Crippen LogP contribution in [0.15, 0.2) is 24.3 Å². The Morgan fingerprint density at radius 3 is 3.07 bits per heavy atom. The van der Waals surface area contributed by atoms with Crippen molar-refractivity contribution < 1.29 is 9.53 Å². The second kappa shape index (κ2) is 5.63. The summed E-state index contributed by atoms with van der Waals surface area (Å²) in [7, 11) is 0. The van der Waals surface area contributed by atoms with Crippen LogP contribution in [0.1, 0.15) is 32.6 Å². The van der Waals surface area contributed by atoms with Gasteiger partial charge in [-0.2, -0.15) is 0 Å². The Balaban J connectivity index is 2.35. The molecule has 0 aromatic carbocycles. The molecule has 0 saturated heterocycles. The van der Waals surface area contributed by atoms with Crippen molar-refractivity contribution in [3.63, 3.8) is 0 Å². The number of rotatable bonds is 3. The molecule has 0 aliphatic heterocycles. The van der Waals surface area contributed by atoms with E-state index in [1.165, 1.54) is 0 Å². The fraction of sp³-hybridized carbons (Fsp3) is 0.583. The largest absolute Gasteiger partial charge is 0.461 e. The van der Waals surface area contributed by atoms with Gasteiger partial charge in [0.15, 0.2) is 0 Å². The van der Waals surface area contributed by atoms with E-state index in [1.54, 1.807) is 0 Å². The highest BCUT2D eigenvalue weighted by molar-refractivity contribution is 5.72. The highest BCUT2D eigenvalue weighted by Crippen LogP contribution is 2.19. The van der Waals surface area contributed by atoms with Gasteiger partial charge in [0.05, 0.1) is 5.92 Å². The van der Waals surface area contributed by atoms with Gasteiger partial charge in [0.2, 0.25) is 0 Å². The van der Waals surface area contributed by atoms with Crippen molar-refractivity contribution in [2.45, 2.75) is 32.6 Å². The molecule has 0 aromatic rings. The van der Waals surface area contributed by atoms with E-state index in [0.717, 1.165) is 31.3 Å². The Kier molecular flexibility index (Phi) is 4.44. The lowest BCUT2D eigenvalue weighted by Crippen LogP contribution is -2.17. The van der Waals surface area contributed by atoms with Crippen molar-refractivity contribution in [2.75, 3.05) is 6.61 Å². The monoisotopic (exact) mass is 194 g/mol. The van der Waals surface area contributed by atoms with Crippen molar-refractivity contribution >= 4 is 5.97 Å². The van der Waals surface area contributed by atoms with Crippen molar-refractivity contribution in [1.29, 1.82) is 0 Å². The van der Waals surface area contributed by atoms with Gasteiger partial charge in [-0.25, -0.2) is 0 Å². The van der Waals surface area contributed by atoms with Gasteiger partial charge < -0.3 is 4.74 Å². The summed E-state index contributed by atoms with van der Waals surface area (Å²) >= 11 is 0. The molecule has 0 N–H and O–H groups in total. The molecular formula is C12H18O2. The number of allylic oxidation sites excluding steroid dienone is 2. The zero-order chi connectivity index (χ0) is 10.4. The van der Waals surface area contributed by atoms with Crippen LogP contribution < -0.4 is 0 Å². The van der Waals surface area contributed by atoms with Crippen molar-refractivity contribution in [2.24, 2.45) is 5.92 Å². The first-order chi connectivity index (χ1) is 6.70. The third-order valence-corrected chi connectivity index (χ3v) is 2.30. The quantitative estimate of drug-likeness (QED) is 0.510. The molecule has 0 amide bonds. The van der Waals surface area contributed by atoms with Gasteiger partial charge in [-0.05, 0) is 38.2 Å². The number of ether oxygens (including phenoxy) is 1. The molecule has 0 saturated carbocycles. The Morgan fingerprint density at radius 2 is 2.36 bits per heavy atom. The molecule has 78 valence electrons. The molecule has 0 bridgehead atoms. The summed E-state index contributed by atoms with van der Waals surface area (Å²) in [6.45, 7) is 5.92. The Labute approximate surface area is 85.6 Å².